The van der Waals surface area contributed by atoms with E-state index < -0.39 is 12.0 Å². The number of urea groups is 1. The first kappa shape index (κ1) is 12.5. The van der Waals surface area contributed by atoms with Crippen molar-refractivity contribution in [1.29, 1.82) is 0 Å². The average molecular weight is 280 g/mol. The Morgan fingerprint density at radius 1 is 1.37 bits per heavy atom. The van der Waals surface area contributed by atoms with Gasteiger partial charge in [0.25, 0.3) is 0 Å². The second-order valence-corrected chi connectivity index (χ2v) is 6.01. The van der Waals surface area contributed by atoms with Gasteiger partial charge in [-0.25, -0.2) is 9.59 Å². The van der Waals surface area contributed by atoms with Crippen molar-refractivity contribution in [3.63, 3.8) is 0 Å². The SMILES string of the molecule is O=C(O)[C@@H]1CCCN1C(=O)N1CCc2sccc2C1. The van der Waals surface area contributed by atoms with Gasteiger partial charge in [0.15, 0.2) is 0 Å². The van der Waals surface area contributed by atoms with Gasteiger partial charge in [0, 0.05) is 24.5 Å². The van der Waals surface area contributed by atoms with Crippen molar-refractivity contribution < 1.29 is 14.7 Å². The summed E-state index contributed by atoms with van der Waals surface area (Å²) >= 11 is 1.73. The Bertz CT molecular complexity index is 514. The Morgan fingerprint density at radius 2 is 2.21 bits per heavy atom. The van der Waals surface area contributed by atoms with Gasteiger partial charge in [0.05, 0.1) is 0 Å². The van der Waals surface area contributed by atoms with Crippen LogP contribution in [0.5, 0.6) is 0 Å². The van der Waals surface area contributed by atoms with Crippen LogP contribution < -0.4 is 0 Å². The Kier molecular flexibility index (Phi) is 3.18. The quantitative estimate of drug-likeness (QED) is 0.853. The number of amides is 2. The molecule has 102 valence electrons. The normalized spacial score (nSPS) is 22.4. The molecule has 0 bridgehead atoms. The zero-order chi connectivity index (χ0) is 13.4. The minimum Gasteiger partial charge on any atom is -0.480 e. The molecule has 1 aromatic rings. The number of nitrogens with zero attached hydrogens (tertiary/aromatic N) is 2. The maximum absolute atomic E-state index is 12.4. The fourth-order valence-electron chi connectivity index (χ4n) is 2.85. The maximum atomic E-state index is 12.4. The molecule has 5 nitrogen and oxygen atoms in total. The van der Waals surface area contributed by atoms with Gasteiger partial charge in [-0.3, -0.25) is 0 Å². The van der Waals surface area contributed by atoms with Gasteiger partial charge in [-0.1, -0.05) is 0 Å². The minimum atomic E-state index is -0.890. The Hall–Kier alpha value is -1.56. The first-order chi connectivity index (χ1) is 9.16. The monoisotopic (exact) mass is 280 g/mol. The number of carbonyl (C=O) groups excluding carboxylic acids is 1. The molecule has 0 unspecified atom stereocenters. The van der Waals surface area contributed by atoms with Gasteiger partial charge in [-0.05, 0) is 36.3 Å². The van der Waals surface area contributed by atoms with Crippen LogP contribution in [0, 0.1) is 0 Å². The lowest BCUT2D eigenvalue weighted by molar-refractivity contribution is -0.141. The molecule has 0 aliphatic carbocycles. The van der Waals surface area contributed by atoms with Gasteiger partial charge in [0.1, 0.15) is 6.04 Å². The van der Waals surface area contributed by atoms with E-state index in [1.54, 1.807) is 16.2 Å². The zero-order valence-electron chi connectivity index (χ0n) is 10.5. The third-order valence-electron chi connectivity index (χ3n) is 3.86. The van der Waals surface area contributed by atoms with Gasteiger partial charge in [0.2, 0.25) is 0 Å². The fraction of sp³-hybridized carbons (Fsp3) is 0.538. The molecule has 2 aliphatic rings. The van der Waals surface area contributed by atoms with Crippen LogP contribution in [0.1, 0.15) is 23.3 Å². The Morgan fingerprint density at radius 3 is 3.00 bits per heavy atom. The Balaban J connectivity index is 1.73. The van der Waals surface area contributed by atoms with Crippen molar-refractivity contribution in [2.75, 3.05) is 13.1 Å². The molecule has 1 aromatic heterocycles. The van der Waals surface area contributed by atoms with E-state index in [4.69, 9.17) is 5.11 Å². The minimum absolute atomic E-state index is 0.123. The second-order valence-electron chi connectivity index (χ2n) is 5.01. The number of hydrogen-bond donors (Lipinski definition) is 1. The fourth-order valence-corrected chi connectivity index (χ4v) is 3.74. The number of carboxylic acid groups (broad SMARTS) is 1. The summed E-state index contributed by atoms with van der Waals surface area (Å²) in [5.41, 5.74) is 1.20. The largest absolute Gasteiger partial charge is 0.480 e. The standard InChI is InChI=1S/C13H16N2O3S/c16-12(17)10-2-1-5-15(10)13(18)14-6-3-11-9(8-14)4-7-19-11/h4,7,10H,1-3,5-6,8H2,(H,16,17)/t10-/m0/s1. The highest BCUT2D eigenvalue weighted by atomic mass is 32.1. The number of aliphatic carboxylic acids is 1. The van der Waals surface area contributed by atoms with Crippen LogP contribution in [0.2, 0.25) is 0 Å². The molecule has 3 heterocycles. The van der Waals surface area contributed by atoms with Crippen LogP contribution in [0.15, 0.2) is 11.4 Å². The van der Waals surface area contributed by atoms with E-state index in [2.05, 4.69) is 11.4 Å². The molecule has 1 atom stereocenters. The van der Waals surface area contributed by atoms with E-state index in [0.29, 0.717) is 26.1 Å². The predicted molar refractivity (Wildman–Crippen MR) is 71.2 cm³/mol. The van der Waals surface area contributed by atoms with E-state index in [9.17, 15) is 9.59 Å². The maximum Gasteiger partial charge on any atom is 0.326 e. The second kappa shape index (κ2) is 4.85. The van der Waals surface area contributed by atoms with E-state index >= 15 is 0 Å². The number of hydrogen-bond acceptors (Lipinski definition) is 3. The highest BCUT2D eigenvalue weighted by Crippen LogP contribution is 2.26. The van der Waals surface area contributed by atoms with Crippen LogP contribution in [-0.4, -0.2) is 46.0 Å². The van der Waals surface area contributed by atoms with E-state index in [-0.39, 0.29) is 6.03 Å². The number of thiophene rings is 1. The molecule has 2 amide bonds. The van der Waals surface area contributed by atoms with Crippen molar-refractivity contribution in [2.45, 2.75) is 31.8 Å². The lowest BCUT2D eigenvalue weighted by Gasteiger charge is -2.32. The molecule has 2 aliphatic heterocycles. The first-order valence-corrected chi connectivity index (χ1v) is 7.38. The summed E-state index contributed by atoms with van der Waals surface area (Å²) in [7, 11) is 0. The van der Waals surface area contributed by atoms with Crippen LogP contribution in [0.25, 0.3) is 0 Å². The van der Waals surface area contributed by atoms with Crippen molar-refractivity contribution in [3.8, 4) is 0 Å². The zero-order valence-corrected chi connectivity index (χ0v) is 11.4. The topological polar surface area (TPSA) is 60.9 Å². The summed E-state index contributed by atoms with van der Waals surface area (Å²) in [6.07, 6.45) is 2.23. The molecule has 19 heavy (non-hydrogen) atoms. The molecular weight excluding hydrogens is 264 g/mol. The molecule has 1 fully saturated rings. The molecule has 0 saturated carbocycles. The third-order valence-corrected chi connectivity index (χ3v) is 4.88. The smallest absolute Gasteiger partial charge is 0.326 e. The molecule has 0 radical (unpaired) electrons. The van der Waals surface area contributed by atoms with Crippen LogP contribution in [0.4, 0.5) is 4.79 Å². The molecule has 0 spiro atoms. The van der Waals surface area contributed by atoms with Gasteiger partial charge >= 0.3 is 12.0 Å². The number of carbonyl (C=O) groups is 2. The van der Waals surface area contributed by atoms with Gasteiger partial charge in [-0.2, -0.15) is 0 Å². The van der Waals surface area contributed by atoms with Crippen molar-refractivity contribution >= 4 is 23.3 Å². The van der Waals surface area contributed by atoms with E-state index in [1.165, 1.54) is 15.3 Å². The summed E-state index contributed by atoms with van der Waals surface area (Å²) in [5.74, 6) is -0.890. The highest BCUT2D eigenvalue weighted by molar-refractivity contribution is 7.10. The van der Waals surface area contributed by atoms with Crippen molar-refractivity contribution in [3.05, 3.63) is 21.9 Å². The van der Waals surface area contributed by atoms with Crippen molar-refractivity contribution in [1.82, 2.24) is 9.80 Å². The number of carboxylic acids is 1. The van der Waals surface area contributed by atoms with Crippen LogP contribution >= 0.6 is 11.3 Å². The van der Waals surface area contributed by atoms with Crippen LogP contribution in [0.3, 0.4) is 0 Å². The average Bonchev–Trinajstić information content (AvgIpc) is 3.05. The predicted octanol–water partition coefficient (Wildman–Crippen LogP) is 1.78. The molecule has 1 saturated heterocycles. The third kappa shape index (κ3) is 2.20. The summed E-state index contributed by atoms with van der Waals surface area (Å²) in [5, 5.41) is 11.2. The first-order valence-electron chi connectivity index (χ1n) is 6.50. The van der Waals surface area contributed by atoms with Crippen molar-refractivity contribution in [2.24, 2.45) is 0 Å². The lowest BCUT2D eigenvalue weighted by atomic mass is 10.1. The number of fused-ring (bicyclic) bond motifs is 1. The summed E-state index contributed by atoms with van der Waals surface area (Å²) in [6.45, 7) is 1.86. The molecular formula is C13H16N2O3S. The van der Waals surface area contributed by atoms with Gasteiger partial charge in [-0.15, -0.1) is 11.3 Å². The molecule has 3 rings (SSSR count). The molecule has 0 aromatic carbocycles. The number of rotatable bonds is 1. The summed E-state index contributed by atoms with van der Waals surface area (Å²) < 4.78 is 0. The number of likely N-dealkylation sites (tertiary alicyclic amines) is 1. The van der Waals surface area contributed by atoms with E-state index in [1.807, 2.05) is 0 Å². The van der Waals surface area contributed by atoms with E-state index in [0.717, 1.165) is 12.8 Å². The molecule has 6 heteroatoms. The highest BCUT2D eigenvalue weighted by Gasteiger charge is 2.36. The summed E-state index contributed by atoms with van der Waals surface area (Å²) in [4.78, 5) is 28.2. The Labute approximate surface area is 115 Å². The van der Waals surface area contributed by atoms with Crippen LogP contribution in [-0.2, 0) is 17.8 Å². The summed E-state index contributed by atoms with van der Waals surface area (Å²) in [6, 6.07) is 1.29. The lowest BCUT2D eigenvalue weighted by Crippen LogP contribution is -2.49. The molecule has 1 N–H and O–H groups in total. The van der Waals surface area contributed by atoms with Gasteiger partial charge < -0.3 is 14.9 Å².